The van der Waals surface area contributed by atoms with E-state index in [9.17, 15) is 0 Å². The molecule has 0 amide bonds. The molecule has 0 unspecified atom stereocenters. The van der Waals surface area contributed by atoms with Gasteiger partial charge < -0.3 is 28.8 Å². The molecule has 0 aromatic heterocycles. The van der Waals surface area contributed by atoms with E-state index in [0.29, 0.717) is 59.5 Å². The fourth-order valence-corrected chi connectivity index (χ4v) is 2.49. The monoisotopic (exact) mass is 431 g/mol. The van der Waals surface area contributed by atoms with Gasteiger partial charge in [0.2, 0.25) is 0 Å². The average Bonchev–Trinajstić information content (AvgIpc) is 2.81. The molecule has 0 saturated carbocycles. The van der Waals surface area contributed by atoms with E-state index < -0.39 is 0 Å². The van der Waals surface area contributed by atoms with Crippen molar-refractivity contribution in [2.45, 2.75) is 6.42 Å². The van der Waals surface area contributed by atoms with Crippen LogP contribution in [0.25, 0.3) is 0 Å². The molecule has 0 aliphatic heterocycles. The van der Waals surface area contributed by atoms with Gasteiger partial charge in [0.25, 0.3) is 0 Å². The van der Waals surface area contributed by atoms with Gasteiger partial charge in [-0.05, 0) is 29.8 Å². The zero-order chi connectivity index (χ0) is 21.8. The number of hydrogen-bond acceptors (Lipinski definition) is 7. The Hall–Kier alpha value is -2.29. The lowest BCUT2D eigenvalue weighted by molar-refractivity contribution is -0.00624. The zero-order valence-electron chi connectivity index (χ0n) is 18.0. The van der Waals surface area contributed by atoms with Crippen molar-refractivity contribution in [1.82, 2.24) is 0 Å². The highest BCUT2D eigenvalue weighted by atomic mass is 16.6. The first-order chi connectivity index (χ1) is 15.4. The minimum atomic E-state index is 0.0352. The van der Waals surface area contributed by atoms with Crippen LogP contribution in [0.15, 0.2) is 59.6 Å². The van der Waals surface area contributed by atoms with Gasteiger partial charge in [-0.25, -0.2) is 0 Å². The fraction of sp³-hybridized carbons (Fsp3) is 0.458. The Kier molecular flexibility index (Phi) is 14.0. The molecule has 2 rings (SSSR count). The van der Waals surface area contributed by atoms with Gasteiger partial charge in [-0.1, -0.05) is 30.3 Å². The Morgan fingerprint density at radius 2 is 1.23 bits per heavy atom. The number of aliphatic imine (C=N–C) groups is 1. The number of rotatable bonds is 18. The summed E-state index contributed by atoms with van der Waals surface area (Å²) in [5.41, 5.74) is 1.96. The van der Waals surface area contributed by atoms with E-state index in [1.807, 2.05) is 60.8 Å². The van der Waals surface area contributed by atoms with Crippen molar-refractivity contribution in [2.75, 3.05) is 66.1 Å². The van der Waals surface area contributed by atoms with Gasteiger partial charge in [-0.2, -0.15) is 0 Å². The first-order valence-corrected chi connectivity index (χ1v) is 10.6. The van der Waals surface area contributed by atoms with Crippen LogP contribution in [0.5, 0.6) is 5.75 Å². The summed E-state index contributed by atoms with van der Waals surface area (Å²) >= 11 is 0. The highest BCUT2D eigenvalue weighted by Gasteiger charge is 1.96. The first kappa shape index (κ1) is 25.0. The largest absolute Gasteiger partial charge is 0.494 e. The first-order valence-electron chi connectivity index (χ1n) is 10.6. The van der Waals surface area contributed by atoms with Crippen molar-refractivity contribution >= 4 is 11.9 Å². The summed E-state index contributed by atoms with van der Waals surface area (Å²) < 4.78 is 27.1. The smallest absolute Gasteiger partial charge is 0.119 e. The molecule has 0 heterocycles. The Balaban J connectivity index is 1.41. The van der Waals surface area contributed by atoms with E-state index in [1.54, 1.807) is 0 Å². The van der Waals surface area contributed by atoms with Crippen molar-refractivity contribution in [3.8, 4) is 5.75 Å². The van der Waals surface area contributed by atoms with Gasteiger partial charge in [0.1, 0.15) is 5.75 Å². The minimum absolute atomic E-state index is 0.0352. The molecule has 0 bridgehead atoms. The van der Waals surface area contributed by atoms with E-state index in [-0.39, 0.29) is 6.61 Å². The third kappa shape index (κ3) is 12.9. The molecule has 0 aliphatic rings. The van der Waals surface area contributed by atoms with Gasteiger partial charge in [-0.15, -0.1) is 0 Å². The molecule has 0 spiro atoms. The van der Waals surface area contributed by atoms with Crippen molar-refractivity contribution in [3.63, 3.8) is 0 Å². The van der Waals surface area contributed by atoms with Crippen molar-refractivity contribution < 1.29 is 28.8 Å². The van der Waals surface area contributed by atoms with Crippen molar-refractivity contribution in [2.24, 2.45) is 4.99 Å². The molecule has 7 nitrogen and oxygen atoms in total. The lowest BCUT2D eigenvalue weighted by Crippen LogP contribution is -2.13. The van der Waals surface area contributed by atoms with Gasteiger partial charge >= 0.3 is 0 Å². The van der Waals surface area contributed by atoms with Gasteiger partial charge in [0, 0.05) is 19.2 Å². The maximum absolute atomic E-state index is 8.56. The minimum Gasteiger partial charge on any atom is -0.494 e. The number of ether oxygens (including phenoxy) is 5. The number of hydrogen-bond donors (Lipinski definition) is 1. The summed E-state index contributed by atoms with van der Waals surface area (Å²) in [5, 5.41) is 8.56. The predicted molar refractivity (Wildman–Crippen MR) is 121 cm³/mol. The van der Waals surface area contributed by atoms with Crippen LogP contribution in [0.3, 0.4) is 0 Å². The Labute approximate surface area is 184 Å². The molecular formula is C24H33NO6. The van der Waals surface area contributed by atoms with Crippen molar-refractivity contribution in [1.29, 1.82) is 0 Å². The average molecular weight is 432 g/mol. The lowest BCUT2D eigenvalue weighted by atomic mass is 10.2. The van der Waals surface area contributed by atoms with Crippen LogP contribution in [-0.4, -0.2) is 77.4 Å². The standard InChI is InChI=1S/C24H33NO6/c26-11-14-28-16-18-30-20-19-29-17-15-27-12-4-13-31-24-9-7-23(8-10-24)25-21-22-5-2-1-3-6-22/h1-3,5-10,21,26H,4,11-20H2. The Bertz CT molecular complexity index is 693. The van der Waals surface area contributed by atoms with E-state index in [1.165, 1.54) is 0 Å². The molecule has 2 aromatic carbocycles. The van der Waals surface area contributed by atoms with Crippen molar-refractivity contribution in [3.05, 3.63) is 60.2 Å². The third-order valence-electron chi connectivity index (χ3n) is 4.05. The van der Waals surface area contributed by atoms with Crippen LogP contribution < -0.4 is 4.74 Å². The maximum atomic E-state index is 8.56. The molecule has 0 atom stereocenters. The van der Waals surface area contributed by atoms with Crippen LogP contribution in [0.2, 0.25) is 0 Å². The molecule has 0 fully saturated rings. The summed E-state index contributed by atoms with van der Waals surface area (Å²) in [4.78, 5) is 4.46. The number of aliphatic hydroxyl groups is 1. The second kappa shape index (κ2) is 17.4. The number of aliphatic hydroxyl groups excluding tert-OH is 1. The van der Waals surface area contributed by atoms with Gasteiger partial charge in [-0.3, -0.25) is 4.99 Å². The highest BCUT2D eigenvalue weighted by Crippen LogP contribution is 2.18. The predicted octanol–water partition coefficient (Wildman–Crippen LogP) is 3.26. The molecule has 0 saturated heterocycles. The summed E-state index contributed by atoms with van der Waals surface area (Å²) in [5.74, 6) is 0.823. The normalized spacial score (nSPS) is 11.3. The second-order valence-corrected chi connectivity index (χ2v) is 6.54. The van der Waals surface area contributed by atoms with Crippen LogP contribution in [0.1, 0.15) is 12.0 Å². The molecule has 31 heavy (non-hydrogen) atoms. The van der Waals surface area contributed by atoms with Crippen LogP contribution in [0.4, 0.5) is 5.69 Å². The second-order valence-electron chi connectivity index (χ2n) is 6.54. The maximum Gasteiger partial charge on any atom is 0.119 e. The van der Waals surface area contributed by atoms with E-state index in [0.717, 1.165) is 23.4 Å². The summed E-state index contributed by atoms with van der Waals surface area (Å²) in [6.07, 6.45) is 2.66. The van der Waals surface area contributed by atoms with Gasteiger partial charge in [0.15, 0.2) is 0 Å². The van der Waals surface area contributed by atoms with Gasteiger partial charge in [0.05, 0.1) is 65.1 Å². The SMILES string of the molecule is OCCOCCOCCOCCOCCCOc1ccc(N=Cc2ccccc2)cc1. The van der Waals surface area contributed by atoms with Crippen LogP contribution in [-0.2, 0) is 18.9 Å². The van der Waals surface area contributed by atoms with Crippen LogP contribution >= 0.6 is 0 Å². The molecule has 0 radical (unpaired) electrons. The number of nitrogens with zero attached hydrogens (tertiary/aromatic N) is 1. The highest BCUT2D eigenvalue weighted by molar-refractivity contribution is 5.81. The molecule has 0 aliphatic carbocycles. The Morgan fingerprint density at radius 3 is 1.84 bits per heavy atom. The summed E-state index contributed by atoms with van der Waals surface area (Å²) in [6.45, 7) is 4.73. The fourth-order valence-electron chi connectivity index (χ4n) is 2.49. The quantitative estimate of drug-likeness (QED) is 0.288. The molecule has 7 heteroatoms. The van der Waals surface area contributed by atoms with E-state index in [2.05, 4.69) is 4.99 Å². The van der Waals surface area contributed by atoms with Crippen LogP contribution in [0, 0.1) is 0 Å². The Morgan fingerprint density at radius 1 is 0.645 bits per heavy atom. The molecular weight excluding hydrogens is 398 g/mol. The number of benzene rings is 2. The van der Waals surface area contributed by atoms with E-state index in [4.69, 9.17) is 28.8 Å². The molecule has 170 valence electrons. The lowest BCUT2D eigenvalue weighted by Gasteiger charge is -2.08. The topological polar surface area (TPSA) is 78.7 Å². The third-order valence-corrected chi connectivity index (χ3v) is 4.05. The summed E-state index contributed by atoms with van der Waals surface area (Å²) in [7, 11) is 0. The van der Waals surface area contributed by atoms with E-state index >= 15 is 0 Å². The molecule has 1 N–H and O–H groups in total. The zero-order valence-corrected chi connectivity index (χ0v) is 18.0. The summed E-state index contributed by atoms with van der Waals surface area (Å²) in [6, 6.07) is 17.7. The molecule has 2 aromatic rings.